The van der Waals surface area contributed by atoms with Crippen molar-refractivity contribution in [1.82, 2.24) is 4.57 Å². The van der Waals surface area contributed by atoms with Gasteiger partial charge in [0, 0.05) is 35.4 Å². The van der Waals surface area contributed by atoms with E-state index in [4.69, 9.17) is 0 Å². The van der Waals surface area contributed by atoms with Crippen molar-refractivity contribution in [3.05, 3.63) is 101 Å². The minimum absolute atomic E-state index is 0.189. The maximum Gasteiger partial charge on any atom is 0.0585 e. The van der Waals surface area contributed by atoms with E-state index >= 15 is 0 Å². The Hall–Kier alpha value is -3.00. The average molecular weight is 409 g/mol. The van der Waals surface area contributed by atoms with Gasteiger partial charge in [0.05, 0.1) is 6.54 Å². The first-order chi connectivity index (χ1) is 14.9. The van der Waals surface area contributed by atoms with Gasteiger partial charge in [-0.1, -0.05) is 80.9 Å². The highest BCUT2D eigenvalue weighted by Gasteiger charge is 2.24. The Bertz CT molecular complexity index is 1200. The molecule has 5 rings (SSSR count). The second kappa shape index (κ2) is 7.60. The third-order valence-electron chi connectivity index (χ3n) is 6.73. The molecule has 0 bridgehead atoms. The van der Waals surface area contributed by atoms with Gasteiger partial charge in [0.15, 0.2) is 0 Å². The highest BCUT2D eigenvalue weighted by Crippen LogP contribution is 2.34. The molecule has 1 aliphatic heterocycles. The molecule has 3 aromatic carbocycles. The zero-order chi connectivity index (χ0) is 21.6. The topological polar surface area (TPSA) is 8.17 Å². The molecular formula is C29H32N2. The monoisotopic (exact) mass is 408 g/mol. The molecule has 1 aliphatic rings. The minimum atomic E-state index is 0.189. The zero-order valence-electron chi connectivity index (χ0n) is 19.2. The fourth-order valence-electron chi connectivity index (χ4n) is 4.84. The van der Waals surface area contributed by atoms with E-state index in [0.29, 0.717) is 0 Å². The maximum absolute atomic E-state index is 2.55. The second-order valence-corrected chi connectivity index (χ2v) is 9.98. The van der Waals surface area contributed by atoms with E-state index in [0.717, 1.165) is 26.1 Å². The van der Waals surface area contributed by atoms with Gasteiger partial charge in [-0.25, -0.2) is 0 Å². The largest absolute Gasteiger partial charge is 0.365 e. The number of aryl methyl sites for hydroxylation is 1. The molecule has 0 amide bonds. The predicted molar refractivity (Wildman–Crippen MR) is 132 cm³/mol. The van der Waals surface area contributed by atoms with Crippen molar-refractivity contribution in [2.75, 3.05) is 11.4 Å². The molecule has 0 spiro atoms. The van der Waals surface area contributed by atoms with Crippen LogP contribution in [-0.4, -0.2) is 11.1 Å². The van der Waals surface area contributed by atoms with Crippen LogP contribution in [0.15, 0.2) is 72.8 Å². The van der Waals surface area contributed by atoms with Crippen LogP contribution in [0.25, 0.3) is 10.9 Å². The van der Waals surface area contributed by atoms with Crippen LogP contribution < -0.4 is 4.90 Å². The minimum Gasteiger partial charge on any atom is -0.365 e. The Balaban J connectivity index is 1.52. The Morgan fingerprint density at radius 3 is 2.26 bits per heavy atom. The first kappa shape index (κ1) is 19.9. The van der Waals surface area contributed by atoms with E-state index in [2.05, 4.69) is 110 Å². The number of para-hydroxylation sites is 1. The molecule has 0 aliphatic carbocycles. The van der Waals surface area contributed by atoms with Gasteiger partial charge in [0.1, 0.15) is 0 Å². The van der Waals surface area contributed by atoms with Crippen molar-refractivity contribution in [3.63, 3.8) is 0 Å². The number of rotatable bonds is 3. The molecule has 0 saturated carbocycles. The van der Waals surface area contributed by atoms with Gasteiger partial charge in [0.2, 0.25) is 0 Å². The number of nitrogens with zero attached hydrogens (tertiary/aromatic N) is 2. The summed E-state index contributed by atoms with van der Waals surface area (Å²) >= 11 is 0. The Morgan fingerprint density at radius 2 is 1.55 bits per heavy atom. The number of hydrogen-bond donors (Lipinski definition) is 0. The van der Waals surface area contributed by atoms with Crippen LogP contribution in [0, 0.1) is 6.92 Å². The van der Waals surface area contributed by atoms with Crippen LogP contribution in [0.5, 0.6) is 0 Å². The lowest BCUT2D eigenvalue weighted by atomic mass is 9.87. The second-order valence-electron chi connectivity index (χ2n) is 9.98. The van der Waals surface area contributed by atoms with Crippen molar-refractivity contribution in [2.45, 2.75) is 52.6 Å². The summed E-state index contributed by atoms with van der Waals surface area (Å²) < 4.78 is 2.55. The Labute approximate surface area is 186 Å². The summed E-state index contributed by atoms with van der Waals surface area (Å²) in [5, 5.41) is 1.42. The van der Waals surface area contributed by atoms with Crippen LogP contribution in [0.2, 0.25) is 0 Å². The number of fused-ring (bicyclic) bond motifs is 3. The molecule has 158 valence electrons. The van der Waals surface area contributed by atoms with E-state index in [1.165, 1.54) is 44.5 Å². The number of benzene rings is 3. The van der Waals surface area contributed by atoms with E-state index in [1.807, 2.05) is 0 Å². The molecular weight excluding hydrogens is 376 g/mol. The SMILES string of the molecule is Cc1ccc(Cn2c3c(c4ccccc42)CCN(c2ccc(C(C)(C)C)cc2)C3)cc1. The summed E-state index contributed by atoms with van der Waals surface area (Å²) in [5.41, 5.74) is 9.94. The number of hydrogen-bond acceptors (Lipinski definition) is 1. The lowest BCUT2D eigenvalue weighted by Crippen LogP contribution is -2.31. The maximum atomic E-state index is 2.55. The molecule has 0 N–H and O–H groups in total. The molecule has 0 unspecified atom stereocenters. The summed E-state index contributed by atoms with van der Waals surface area (Å²) in [6.45, 7) is 11.9. The van der Waals surface area contributed by atoms with Crippen LogP contribution in [0.1, 0.15) is 48.7 Å². The molecule has 0 fully saturated rings. The summed E-state index contributed by atoms with van der Waals surface area (Å²) in [6, 6.07) is 27.1. The van der Waals surface area contributed by atoms with Crippen molar-refractivity contribution >= 4 is 16.6 Å². The van der Waals surface area contributed by atoms with Crippen molar-refractivity contribution < 1.29 is 0 Å². The summed E-state index contributed by atoms with van der Waals surface area (Å²) in [4.78, 5) is 2.54. The van der Waals surface area contributed by atoms with E-state index in [-0.39, 0.29) is 5.41 Å². The van der Waals surface area contributed by atoms with Gasteiger partial charge in [-0.3, -0.25) is 0 Å². The van der Waals surface area contributed by atoms with Gasteiger partial charge in [-0.15, -0.1) is 0 Å². The van der Waals surface area contributed by atoms with Crippen molar-refractivity contribution in [3.8, 4) is 0 Å². The molecule has 2 heteroatoms. The average Bonchev–Trinajstić information content (AvgIpc) is 3.08. The van der Waals surface area contributed by atoms with Gasteiger partial charge < -0.3 is 9.47 Å². The smallest absolute Gasteiger partial charge is 0.0585 e. The molecule has 0 atom stereocenters. The molecule has 4 aromatic rings. The summed E-state index contributed by atoms with van der Waals surface area (Å²) in [7, 11) is 0. The fourth-order valence-corrected chi connectivity index (χ4v) is 4.84. The van der Waals surface area contributed by atoms with E-state index < -0.39 is 0 Å². The lowest BCUT2D eigenvalue weighted by Gasteiger charge is -2.31. The highest BCUT2D eigenvalue weighted by molar-refractivity contribution is 5.86. The first-order valence-corrected chi connectivity index (χ1v) is 11.4. The normalized spacial score (nSPS) is 14.1. The summed E-state index contributed by atoms with van der Waals surface area (Å²) in [5.74, 6) is 0. The van der Waals surface area contributed by atoms with Gasteiger partial charge in [0.25, 0.3) is 0 Å². The third kappa shape index (κ3) is 3.76. The number of aromatic nitrogens is 1. The lowest BCUT2D eigenvalue weighted by molar-refractivity contribution is 0.590. The highest BCUT2D eigenvalue weighted by atomic mass is 15.2. The molecule has 2 heterocycles. The summed E-state index contributed by atoms with van der Waals surface area (Å²) in [6.07, 6.45) is 1.10. The molecule has 2 nitrogen and oxygen atoms in total. The van der Waals surface area contributed by atoms with Gasteiger partial charge in [-0.05, 0) is 53.6 Å². The predicted octanol–water partition coefficient (Wildman–Crippen LogP) is 6.86. The van der Waals surface area contributed by atoms with Crippen LogP contribution in [0.4, 0.5) is 5.69 Å². The number of anilines is 1. The zero-order valence-corrected chi connectivity index (χ0v) is 19.2. The van der Waals surface area contributed by atoms with Crippen LogP contribution >= 0.6 is 0 Å². The van der Waals surface area contributed by atoms with E-state index in [9.17, 15) is 0 Å². The van der Waals surface area contributed by atoms with Crippen LogP contribution in [0.3, 0.4) is 0 Å². The fraction of sp³-hybridized carbons (Fsp3) is 0.310. The molecule has 1 aromatic heterocycles. The third-order valence-corrected chi connectivity index (χ3v) is 6.73. The molecule has 0 radical (unpaired) electrons. The Morgan fingerprint density at radius 1 is 0.839 bits per heavy atom. The van der Waals surface area contributed by atoms with E-state index in [1.54, 1.807) is 0 Å². The molecule has 0 saturated heterocycles. The molecule has 31 heavy (non-hydrogen) atoms. The van der Waals surface area contributed by atoms with Crippen molar-refractivity contribution in [2.24, 2.45) is 0 Å². The standard InChI is InChI=1S/C29H32N2/c1-21-9-11-22(12-10-21)19-31-27-8-6-5-7-25(27)26-17-18-30(20-28(26)31)24-15-13-23(14-16-24)29(2,3)4/h5-16H,17-20H2,1-4H3. The van der Waals surface area contributed by atoms with Crippen molar-refractivity contribution in [1.29, 1.82) is 0 Å². The first-order valence-electron chi connectivity index (χ1n) is 11.4. The van der Waals surface area contributed by atoms with Gasteiger partial charge in [-0.2, -0.15) is 0 Å². The van der Waals surface area contributed by atoms with Gasteiger partial charge >= 0.3 is 0 Å². The quantitative estimate of drug-likeness (QED) is 0.359. The Kier molecular flexibility index (Phi) is 4.89. The van der Waals surface area contributed by atoms with Crippen LogP contribution in [-0.2, 0) is 24.9 Å².